The van der Waals surface area contributed by atoms with Gasteiger partial charge < -0.3 is 19.7 Å². The number of carbonyl (C=O) groups excluding carboxylic acids is 1. The minimum absolute atomic E-state index is 0.0850. The van der Waals surface area contributed by atoms with Crippen molar-refractivity contribution >= 4 is 11.7 Å². The number of anilines is 1. The molecule has 6 heteroatoms. The van der Waals surface area contributed by atoms with E-state index in [-0.39, 0.29) is 5.91 Å². The molecule has 0 spiro atoms. The van der Waals surface area contributed by atoms with E-state index in [9.17, 15) is 4.79 Å². The molecule has 0 saturated carbocycles. The van der Waals surface area contributed by atoms with Gasteiger partial charge in [0.05, 0.1) is 13.7 Å². The number of piperidine rings is 1. The molecule has 0 atom stereocenters. The Morgan fingerprint density at radius 1 is 1.19 bits per heavy atom. The summed E-state index contributed by atoms with van der Waals surface area (Å²) in [6.45, 7) is 5.00. The Bertz CT molecular complexity index is 741. The van der Waals surface area contributed by atoms with Gasteiger partial charge in [0.1, 0.15) is 23.9 Å². The lowest BCUT2D eigenvalue weighted by Crippen LogP contribution is -2.37. The molecular formula is C21H27N3O3. The average Bonchev–Trinajstić information content (AvgIpc) is 2.72. The van der Waals surface area contributed by atoms with Crippen molar-refractivity contribution in [2.75, 3.05) is 38.7 Å². The van der Waals surface area contributed by atoms with Crippen LogP contribution in [0.2, 0.25) is 0 Å². The number of amides is 1. The number of benzene rings is 1. The first kappa shape index (κ1) is 19.0. The van der Waals surface area contributed by atoms with Gasteiger partial charge in [-0.2, -0.15) is 0 Å². The topological polar surface area (TPSA) is 63.7 Å². The number of hydrogen-bond donors (Lipinski definition) is 1. The van der Waals surface area contributed by atoms with Crippen LogP contribution in [-0.2, 0) is 0 Å². The highest BCUT2D eigenvalue weighted by atomic mass is 16.5. The number of nitrogens with one attached hydrogen (secondary N) is 1. The first-order valence-electron chi connectivity index (χ1n) is 9.42. The van der Waals surface area contributed by atoms with E-state index in [1.54, 1.807) is 19.4 Å². The summed E-state index contributed by atoms with van der Waals surface area (Å²) in [5.41, 5.74) is 0.679. The molecule has 0 bridgehead atoms. The van der Waals surface area contributed by atoms with E-state index in [4.69, 9.17) is 9.47 Å². The van der Waals surface area contributed by atoms with E-state index >= 15 is 0 Å². The van der Waals surface area contributed by atoms with Crippen LogP contribution in [-0.4, -0.2) is 49.1 Å². The lowest BCUT2D eigenvalue weighted by Gasteiger charge is -2.30. The number of pyridine rings is 1. The van der Waals surface area contributed by atoms with Gasteiger partial charge in [-0.1, -0.05) is 6.92 Å². The molecule has 0 aliphatic carbocycles. The fourth-order valence-electron chi connectivity index (χ4n) is 3.07. The van der Waals surface area contributed by atoms with E-state index in [1.165, 1.54) is 0 Å². The van der Waals surface area contributed by atoms with E-state index in [0.29, 0.717) is 30.5 Å². The van der Waals surface area contributed by atoms with Crippen molar-refractivity contribution in [3.05, 3.63) is 48.2 Å². The number of hydrogen-bond acceptors (Lipinski definition) is 5. The van der Waals surface area contributed by atoms with E-state index in [0.717, 1.165) is 37.4 Å². The summed E-state index contributed by atoms with van der Waals surface area (Å²) in [6.07, 6.45) is 3.82. The molecule has 1 fully saturated rings. The molecule has 1 saturated heterocycles. The smallest absolute Gasteiger partial charge is 0.254 e. The maximum atomic E-state index is 12.7. The van der Waals surface area contributed by atoms with Gasteiger partial charge in [-0.25, -0.2) is 4.98 Å². The Morgan fingerprint density at radius 2 is 1.89 bits per heavy atom. The van der Waals surface area contributed by atoms with E-state index in [2.05, 4.69) is 17.2 Å². The van der Waals surface area contributed by atoms with Crippen LogP contribution in [0.4, 0.5) is 5.82 Å². The Labute approximate surface area is 160 Å². The Hall–Kier alpha value is -2.76. The molecule has 1 aromatic heterocycles. The number of methoxy groups -OCH3 is 1. The molecule has 1 amide bonds. The lowest BCUT2D eigenvalue weighted by molar-refractivity contribution is 0.0697. The second kappa shape index (κ2) is 9.26. The van der Waals surface area contributed by atoms with Gasteiger partial charge >= 0.3 is 0 Å². The maximum absolute atomic E-state index is 12.7. The molecule has 27 heavy (non-hydrogen) atoms. The normalized spacial score (nSPS) is 14.7. The largest absolute Gasteiger partial charge is 0.497 e. The van der Waals surface area contributed by atoms with Crippen LogP contribution in [0.3, 0.4) is 0 Å². The van der Waals surface area contributed by atoms with Crippen molar-refractivity contribution in [1.29, 1.82) is 0 Å². The molecule has 0 unspecified atom stereocenters. The van der Waals surface area contributed by atoms with Crippen LogP contribution < -0.4 is 14.8 Å². The Morgan fingerprint density at radius 3 is 2.59 bits per heavy atom. The fraction of sp³-hybridized carbons (Fsp3) is 0.429. The highest BCUT2D eigenvalue weighted by molar-refractivity contribution is 5.94. The minimum Gasteiger partial charge on any atom is -0.497 e. The number of ether oxygens (including phenoxy) is 2. The summed E-state index contributed by atoms with van der Waals surface area (Å²) in [7, 11) is 1.64. The van der Waals surface area contributed by atoms with Crippen LogP contribution in [0, 0.1) is 5.92 Å². The van der Waals surface area contributed by atoms with Crippen LogP contribution in [0.1, 0.15) is 30.1 Å². The summed E-state index contributed by atoms with van der Waals surface area (Å²) in [4.78, 5) is 18.9. The van der Waals surface area contributed by atoms with Gasteiger partial charge in [0.15, 0.2) is 0 Å². The van der Waals surface area contributed by atoms with Gasteiger partial charge in [-0.05, 0) is 55.2 Å². The zero-order valence-corrected chi connectivity index (χ0v) is 16.0. The summed E-state index contributed by atoms with van der Waals surface area (Å²) < 4.78 is 10.8. The summed E-state index contributed by atoms with van der Waals surface area (Å²) in [5.74, 6) is 3.06. The number of nitrogens with zero attached hydrogens (tertiary/aromatic N) is 2. The molecule has 1 N–H and O–H groups in total. The number of likely N-dealkylation sites (tertiary alicyclic amines) is 1. The van der Waals surface area contributed by atoms with E-state index < -0.39 is 0 Å². The monoisotopic (exact) mass is 369 g/mol. The molecule has 1 aromatic carbocycles. The van der Waals surface area contributed by atoms with Gasteiger partial charge in [0, 0.05) is 24.8 Å². The van der Waals surface area contributed by atoms with Gasteiger partial charge in [-0.3, -0.25) is 4.79 Å². The van der Waals surface area contributed by atoms with Crippen molar-refractivity contribution in [2.45, 2.75) is 19.8 Å². The number of rotatable bonds is 7. The summed E-state index contributed by atoms with van der Waals surface area (Å²) in [5, 5.41) is 3.21. The van der Waals surface area contributed by atoms with Crippen molar-refractivity contribution in [1.82, 2.24) is 9.88 Å². The van der Waals surface area contributed by atoms with Gasteiger partial charge in [-0.15, -0.1) is 0 Å². The van der Waals surface area contributed by atoms with Crippen LogP contribution in [0.25, 0.3) is 0 Å². The molecule has 3 rings (SSSR count). The van der Waals surface area contributed by atoms with Crippen molar-refractivity contribution < 1.29 is 14.3 Å². The third kappa shape index (κ3) is 5.36. The number of carbonyl (C=O) groups is 1. The fourth-order valence-corrected chi connectivity index (χ4v) is 3.07. The SMILES string of the molecule is COc1ccc(OCCNc2cc(C(=O)N3CCC(C)CC3)ccn2)cc1. The van der Waals surface area contributed by atoms with Gasteiger partial charge in [0.25, 0.3) is 5.91 Å². The van der Waals surface area contributed by atoms with Crippen molar-refractivity contribution in [3.63, 3.8) is 0 Å². The first-order chi connectivity index (χ1) is 13.2. The highest BCUT2D eigenvalue weighted by Crippen LogP contribution is 2.19. The lowest BCUT2D eigenvalue weighted by atomic mass is 9.99. The number of aromatic nitrogens is 1. The summed E-state index contributed by atoms with van der Waals surface area (Å²) >= 11 is 0. The average molecular weight is 369 g/mol. The standard InChI is InChI=1S/C21H27N3O3/c1-16-8-12-24(13-9-16)21(25)17-7-10-22-20(15-17)23-11-14-27-19-5-3-18(26-2)4-6-19/h3-7,10,15-16H,8-9,11-14H2,1-2H3,(H,22,23). The third-order valence-electron chi connectivity index (χ3n) is 4.81. The van der Waals surface area contributed by atoms with Crippen molar-refractivity contribution in [3.8, 4) is 11.5 Å². The van der Waals surface area contributed by atoms with E-state index in [1.807, 2.05) is 35.2 Å². The zero-order chi connectivity index (χ0) is 19.1. The second-order valence-corrected chi connectivity index (χ2v) is 6.86. The van der Waals surface area contributed by atoms with Gasteiger partial charge in [0.2, 0.25) is 0 Å². The maximum Gasteiger partial charge on any atom is 0.254 e. The van der Waals surface area contributed by atoms with Crippen LogP contribution in [0.5, 0.6) is 11.5 Å². The van der Waals surface area contributed by atoms with Crippen molar-refractivity contribution in [2.24, 2.45) is 5.92 Å². The molecule has 2 aromatic rings. The molecule has 0 radical (unpaired) electrons. The summed E-state index contributed by atoms with van der Waals surface area (Å²) in [6, 6.07) is 11.1. The minimum atomic E-state index is 0.0850. The molecule has 1 aliphatic rings. The quantitative estimate of drug-likeness (QED) is 0.758. The first-order valence-corrected chi connectivity index (χ1v) is 9.42. The second-order valence-electron chi connectivity index (χ2n) is 6.86. The molecule has 144 valence electrons. The highest BCUT2D eigenvalue weighted by Gasteiger charge is 2.21. The van der Waals surface area contributed by atoms with Crippen LogP contribution in [0.15, 0.2) is 42.6 Å². The predicted octanol–water partition coefficient (Wildman–Crippen LogP) is 3.45. The zero-order valence-electron chi connectivity index (χ0n) is 16.0. The molecule has 6 nitrogen and oxygen atoms in total. The Balaban J connectivity index is 1.47. The third-order valence-corrected chi connectivity index (χ3v) is 4.81. The molecule has 2 heterocycles. The van der Waals surface area contributed by atoms with Crippen LogP contribution >= 0.6 is 0 Å². The Kier molecular flexibility index (Phi) is 6.52. The molecular weight excluding hydrogens is 342 g/mol. The molecule has 1 aliphatic heterocycles. The predicted molar refractivity (Wildman–Crippen MR) is 106 cm³/mol.